The minimum absolute atomic E-state index is 0. The molecule has 1 fully saturated rings. The van der Waals surface area contributed by atoms with Crippen molar-refractivity contribution in [2.75, 3.05) is 26.2 Å². The van der Waals surface area contributed by atoms with E-state index in [1.165, 1.54) is 6.07 Å². The molecule has 29 heavy (non-hydrogen) atoms. The standard InChI is InChI=1S/C22H25FN2O3.ClH/c1-16-7-2-3-9-18(16)21(19-10-4-5-11-20(19)23)24-28-14-13-25-12-6-8-17(15-25)22(26)27;/h2-5,7,9-11,17H,6,8,12-15H2,1H3,(H,26,27);1H/b24-21-;/t17-;/m1./s1. The van der Waals surface area contributed by atoms with E-state index in [1.807, 2.05) is 31.2 Å². The van der Waals surface area contributed by atoms with Crippen molar-refractivity contribution < 1.29 is 19.1 Å². The topological polar surface area (TPSA) is 62.1 Å². The Kier molecular flexibility index (Phi) is 8.61. The van der Waals surface area contributed by atoms with E-state index in [2.05, 4.69) is 10.1 Å². The van der Waals surface area contributed by atoms with Crippen LogP contribution in [0.4, 0.5) is 4.39 Å². The zero-order chi connectivity index (χ0) is 19.9. The van der Waals surface area contributed by atoms with Gasteiger partial charge in [0.1, 0.15) is 18.1 Å². The molecule has 2 aromatic carbocycles. The quantitative estimate of drug-likeness (QED) is 0.415. The molecule has 156 valence electrons. The second kappa shape index (κ2) is 10.9. The number of hydrogen-bond acceptors (Lipinski definition) is 4. The van der Waals surface area contributed by atoms with Crippen molar-refractivity contribution in [1.29, 1.82) is 0 Å². The van der Waals surface area contributed by atoms with E-state index < -0.39 is 5.97 Å². The summed E-state index contributed by atoms with van der Waals surface area (Å²) in [6.45, 7) is 4.24. The number of hydrogen-bond donors (Lipinski definition) is 1. The number of oxime groups is 1. The summed E-state index contributed by atoms with van der Waals surface area (Å²) in [4.78, 5) is 18.8. The number of carboxylic acids is 1. The average Bonchev–Trinajstić information content (AvgIpc) is 2.70. The SMILES string of the molecule is Cc1ccccc1/C(=N/OCCN1CCC[C@@H](C(=O)O)C1)c1ccccc1F.Cl. The number of aliphatic carboxylic acids is 1. The molecule has 3 rings (SSSR count). The Morgan fingerprint density at radius 2 is 1.90 bits per heavy atom. The molecule has 1 aliphatic heterocycles. The van der Waals surface area contributed by atoms with E-state index >= 15 is 0 Å². The smallest absolute Gasteiger partial charge is 0.307 e. The Morgan fingerprint density at radius 1 is 1.21 bits per heavy atom. The fourth-order valence-corrected chi connectivity index (χ4v) is 3.48. The molecule has 1 saturated heterocycles. The molecule has 5 nitrogen and oxygen atoms in total. The molecule has 0 amide bonds. The highest BCUT2D eigenvalue weighted by Gasteiger charge is 2.25. The van der Waals surface area contributed by atoms with Crippen LogP contribution in [0.5, 0.6) is 0 Å². The molecule has 0 aliphatic carbocycles. The van der Waals surface area contributed by atoms with Crippen LogP contribution in [0, 0.1) is 18.7 Å². The van der Waals surface area contributed by atoms with E-state index in [0.717, 1.165) is 30.5 Å². The van der Waals surface area contributed by atoms with Crippen LogP contribution in [-0.2, 0) is 9.63 Å². The van der Waals surface area contributed by atoms with Crippen molar-refractivity contribution in [2.45, 2.75) is 19.8 Å². The number of carbonyl (C=O) groups is 1. The predicted octanol–water partition coefficient (Wildman–Crippen LogP) is 4.12. The highest BCUT2D eigenvalue weighted by atomic mass is 35.5. The van der Waals surface area contributed by atoms with Crippen molar-refractivity contribution >= 4 is 24.1 Å². The number of aryl methyl sites for hydroxylation is 1. The highest BCUT2D eigenvalue weighted by Crippen LogP contribution is 2.19. The molecule has 7 heteroatoms. The van der Waals surface area contributed by atoms with E-state index in [4.69, 9.17) is 4.84 Å². The molecule has 0 saturated carbocycles. The predicted molar refractivity (Wildman–Crippen MR) is 113 cm³/mol. The second-order valence-electron chi connectivity index (χ2n) is 7.05. The van der Waals surface area contributed by atoms with Gasteiger partial charge in [0.05, 0.1) is 5.92 Å². The summed E-state index contributed by atoms with van der Waals surface area (Å²) in [7, 11) is 0. The van der Waals surface area contributed by atoms with Gasteiger partial charge in [-0.25, -0.2) is 4.39 Å². The van der Waals surface area contributed by atoms with Gasteiger partial charge < -0.3 is 9.94 Å². The average molecular weight is 421 g/mol. The van der Waals surface area contributed by atoms with Crippen molar-refractivity contribution in [3.8, 4) is 0 Å². The lowest BCUT2D eigenvalue weighted by Crippen LogP contribution is -2.40. The maximum Gasteiger partial charge on any atom is 0.307 e. The number of benzene rings is 2. The summed E-state index contributed by atoms with van der Waals surface area (Å²) in [5.74, 6) is -1.42. The molecule has 1 atom stereocenters. The van der Waals surface area contributed by atoms with Crippen LogP contribution in [0.2, 0.25) is 0 Å². The van der Waals surface area contributed by atoms with E-state index in [1.54, 1.807) is 18.2 Å². The van der Waals surface area contributed by atoms with E-state index in [9.17, 15) is 14.3 Å². The first-order valence-corrected chi connectivity index (χ1v) is 9.52. The molecule has 0 unspecified atom stereocenters. The van der Waals surface area contributed by atoms with Crippen LogP contribution in [0.15, 0.2) is 53.7 Å². The summed E-state index contributed by atoms with van der Waals surface area (Å²) in [6.07, 6.45) is 1.58. The third-order valence-corrected chi connectivity index (χ3v) is 5.04. The summed E-state index contributed by atoms with van der Waals surface area (Å²) >= 11 is 0. The summed E-state index contributed by atoms with van der Waals surface area (Å²) in [6, 6.07) is 14.2. The van der Waals surface area contributed by atoms with Crippen LogP contribution < -0.4 is 0 Å². The van der Waals surface area contributed by atoms with Gasteiger partial charge in [-0.2, -0.15) is 0 Å². The second-order valence-corrected chi connectivity index (χ2v) is 7.05. The Labute approximate surface area is 176 Å². The Hall–Kier alpha value is -2.44. The normalized spacial score (nSPS) is 17.4. The maximum atomic E-state index is 14.4. The van der Waals surface area contributed by atoms with Crippen LogP contribution in [0.3, 0.4) is 0 Å². The Balaban J connectivity index is 0.00000300. The van der Waals surface area contributed by atoms with E-state index in [-0.39, 0.29) is 24.1 Å². The number of nitrogens with zero attached hydrogens (tertiary/aromatic N) is 2. The van der Waals surface area contributed by atoms with Gasteiger partial charge in [0, 0.05) is 24.2 Å². The fraction of sp³-hybridized carbons (Fsp3) is 0.364. The molecule has 1 aliphatic rings. The van der Waals surface area contributed by atoms with Gasteiger partial charge in [-0.15, -0.1) is 12.4 Å². The van der Waals surface area contributed by atoms with Crippen LogP contribution in [-0.4, -0.2) is 47.9 Å². The van der Waals surface area contributed by atoms with Gasteiger partial charge in [0.25, 0.3) is 0 Å². The lowest BCUT2D eigenvalue weighted by Gasteiger charge is -2.30. The summed E-state index contributed by atoms with van der Waals surface area (Å²) in [5.41, 5.74) is 2.64. The molecular weight excluding hydrogens is 395 g/mol. The molecule has 1 N–H and O–H groups in total. The molecule has 0 bridgehead atoms. The minimum atomic E-state index is -0.745. The van der Waals surface area contributed by atoms with Gasteiger partial charge in [-0.3, -0.25) is 9.69 Å². The lowest BCUT2D eigenvalue weighted by molar-refractivity contribution is -0.143. The van der Waals surface area contributed by atoms with Gasteiger partial charge >= 0.3 is 5.97 Å². The number of rotatable bonds is 7. The zero-order valence-electron chi connectivity index (χ0n) is 16.4. The van der Waals surface area contributed by atoms with Gasteiger partial charge in [0.15, 0.2) is 0 Å². The molecule has 0 radical (unpaired) electrons. The maximum absolute atomic E-state index is 14.4. The molecular formula is C22H26ClFN2O3. The third kappa shape index (κ3) is 6.02. The van der Waals surface area contributed by atoms with Crippen LogP contribution in [0.25, 0.3) is 0 Å². The first-order chi connectivity index (χ1) is 13.6. The lowest BCUT2D eigenvalue weighted by atomic mass is 9.98. The van der Waals surface area contributed by atoms with Crippen molar-refractivity contribution in [2.24, 2.45) is 11.1 Å². The number of piperidine rings is 1. The number of likely N-dealkylation sites (tertiary alicyclic amines) is 1. The zero-order valence-corrected chi connectivity index (χ0v) is 17.2. The Bertz CT molecular complexity index is 812. The summed E-state index contributed by atoms with van der Waals surface area (Å²) < 4.78 is 14.4. The first kappa shape index (κ1) is 22.8. The highest BCUT2D eigenvalue weighted by molar-refractivity contribution is 6.13. The van der Waals surface area contributed by atoms with Crippen molar-refractivity contribution in [1.82, 2.24) is 4.90 Å². The molecule has 0 aromatic heterocycles. The molecule has 0 spiro atoms. The van der Waals surface area contributed by atoms with Gasteiger partial charge in [-0.1, -0.05) is 41.6 Å². The minimum Gasteiger partial charge on any atom is -0.481 e. The third-order valence-electron chi connectivity index (χ3n) is 5.04. The summed E-state index contributed by atoms with van der Waals surface area (Å²) in [5, 5.41) is 13.4. The van der Waals surface area contributed by atoms with E-state index in [0.29, 0.717) is 31.0 Å². The number of halogens is 2. The first-order valence-electron chi connectivity index (χ1n) is 9.52. The molecule has 2 aromatic rings. The molecule has 1 heterocycles. The monoisotopic (exact) mass is 420 g/mol. The largest absolute Gasteiger partial charge is 0.481 e. The van der Waals surface area contributed by atoms with Crippen LogP contribution >= 0.6 is 12.4 Å². The van der Waals surface area contributed by atoms with Crippen molar-refractivity contribution in [3.63, 3.8) is 0 Å². The number of carboxylic acid groups (broad SMARTS) is 1. The Morgan fingerprint density at radius 3 is 2.59 bits per heavy atom. The van der Waals surface area contributed by atoms with Gasteiger partial charge in [0.2, 0.25) is 0 Å². The fourth-order valence-electron chi connectivity index (χ4n) is 3.48. The van der Waals surface area contributed by atoms with Crippen molar-refractivity contribution in [3.05, 3.63) is 71.0 Å². The van der Waals surface area contributed by atoms with Crippen LogP contribution in [0.1, 0.15) is 29.5 Å². The van der Waals surface area contributed by atoms with Gasteiger partial charge in [-0.05, 0) is 44.0 Å².